The SMILES string of the molecule is C[C@H](CC(=O)O)NC(=O)c1cccc(NC(=O)OCC2c3ccccc3-c3ccccc32)c1. The number of fused-ring (bicyclic) bond motifs is 3. The molecule has 7 heteroatoms. The standard InChI is InChI=1S/C26H24N2O5/c1-16(13-24(29)30)27-25(31)17-7-6-8-18(14-17)28-26(32)33-15-23-21-11-4-2-9-19(21)20-10-3-5-12-22(20)23/h2-12,14,16,23H,13,15H2,1H3,(H,27,31)(H,28,32)(H,29,30)/t16-/m1/s1. The highest BCUT2D eigenvalue weighted by Gasteiger charge is 2.29. The number of carbonyl (C=O) groups is 3. The number of hydrogen-bond acceptors (Lipinski definition) is 4. The lowest BCUT2D eigenvalue weighted by Crippen LogP contribution is -2.34. The molecule has 0 fully saturated rings. The molecule has 4 rings (SSSR count). The Morgan fingerprint density at radius 1 is 0.939 bits per heavy atom. The number of carboxylic acids is 1. The molecule has 7 nitrogen and oxygen atoms in total. The highest BCUT2D eigenvalue weighted by molar-refractivity contribution is 5.96. The number of rotatable bonds is 7. The van der Waals surface area contributed by atoms with Crippen LogP contribution >= 0.6 is 0 Å². The minimum Gasteiger partial charge on any atom is -0.481 e. The van der Waals surface area contributed by atoms with E-state index in [2.05, 4.69) is 34.9 Å². The molecule has 0 aromatic heterocycles. The molecule has 0 bridgehead atoms. The second-order valence-corrected chi connectivity index (χ2v) is 8.00. The van der Waals surface area contributed by atoms with Crippen LogP contribution in [0.5, 0.6) is 0 Å². The maximum absolute atomic E-state index is 12.5. The smallest absolute Gasteiger partial charge is 0.411 e. The Morgan fingerprint density at radius 3 is 2.21 bits per heavy atom. The quantitative estimate of drug-likeness (QED) is 0.492. The minimum absolute atomic E-state index is 0.0454. The summed E-state index contributed by atoms with van der Waals surface area (Å²) in [7, 11) is 0. The molecule has 1 aliphatic carbocycles. The lowest BCUT2D eigenvalue weighted by atomic mass is 9.98. The van der Waals surface area contributed by atoms with Crippen molar-refractivity contribution >= 4 is 23.7 Å². The number of benzene rings is 3. The summed E-state index contributed by atoms with van der Waals surface area (Å²) in [5, 5.41) is 14.1. The van der Waals surface area contributed by atoms with Gasteiger partial charge in [-0.3, -0.25) is 14.9 Å². The van der Waals surface area contributed by atoms with Crippen LogP contribution in [-0.4, -0.2) is 35.7 Å². The molecule has 168 valence electrons. The van der Waals surface area contributed by atoms with Crippen molar-refractivity contribution in [2.45, 2.75) is 25.3 Å². The molecular formula is C26H24N2O5. The van der Waals surface area contributed by atoms with E-state index >= 15 is 0 Å². The molecule has 1 atom stereocenters. The van der Waals surface area contributed by atoms with Gasteiger partial charge in [0.05, 0.1) is 6.42 Å². The van der Waals surface area contributed by atoms with Gasteiger partial charge < -0.3 is 15.2 Å². The number of ether oxygens (including phenoxy) is 1. The lowest BCUT2D eigenvalue weighted by molar-refractivity contribution is -0.137. The first-order valence-electron chi connectivity index (χ1n) is 10.7. The molecule has 3 aromatic carbocycles. The predicted molar refractivity (Wildman–Crippen MR) is 124 cm³/mol. The van der Waals surface area contributed by atoms with Crippen molar-refractivity contribution in [1.82, 2.24) is 5.32 Å². The van der Waals surface area contributed by atoms with Gasteiger partial charge in [-0.25, -0.2) is 4.79 Å². The summed E-state index contributed by atoms with van der Waals surface area (Å²) < 4.78 is 5.54. The van der Waals surface area contributed by atoms with Crippen LogP contribution in [0.25, 0.3) is 11.1 Å². The van der Waals surface area contributed by atoms with Gasteiger partial charge in [0.15, 0.2) is 0 Å². The van der Waals surface area contributed by atoms with Crippen molar-refractivity contribution in [3.63, 3.8) is 0 Å². The Balaban J connectivity index is 1.39. The molecule has 0 radical (unpaired) electrons. The van der Waals surface area contributed by atoms with Crippen molar-refractivity contribution < 1.29 is 24.2 Å². The summed E-state index contributed by atoms with van der Waals surface area (Å²) in [6.07, 6.45) is -0.794. The van der Waals surface area contributed by atoms with Crippen molar-refractivity contribution in [1.29, 1.82) is 0 Å². The summed E-state index contributed by atoms with van der Waals surface area (Å²) in [4.78, 5) is 35.6. The fraction of sp³-hybridized carbons (Fsp3) is 0.192. The zero-order valence-electron chi connectivity index (χ0n) is 18.1. The first-order valence-corrected chi connectivity index (χ1v) is 10.7. The van der Waals surface area contributed by atoms with Crippen molar-refractivity contribution in [2.24, 2.45) is 0 Å². The first-order chi connectivity index (χ1) is 15.9. The van der Waals surface area contributed by atoms with Gasteiger partial charge in [0.1, 0.15) is 6.61 Å². The molecule has 0 spiro atoms. The van der Waals surface area contributed by atoms with E-state index in [-0.39, 0.29) is 18.9 Å². The third-order valence-corrected chi connectivity index (χ3v) is 5.57. The maximum Gasteiger partial charge on any atom is 0.411 e. The van der Waals surface area contributed by atoms with Gasteiger partial charge in [-0.1, -0.05) is 54.6 Å². The Hall–Kier alpha value is -4.13. The van der Waals surface area contributed by atoms with Gasteiger partial charge in [-0.2, -0.15) is 0 Å². The number of amides is 2. The Bertz CT molecular complexity index is 1160. The van der Waals surface area contributed by atoms with E-state index in [0.29, 0.717) is 11.3 Å². The summed E-state index contributed by atoms with van der Waals surface area (Å²) in [6.45, 7) is 1.80. The average Bonchev–Trinajstić information content (AvgIpc) is 3.11. The van der Waals surface area contributed by atoms with E-state index < -0.39 is 24.0 Å². The first kappa shape index (κ1) is 22.1. The molecule has 0 aliphatic heterocycles. The highest BCUT2D eigenvalue weighted by atomic mass is 16.5. The number of nitrogens with one attached hydrogen (secondary N) is 2. The van der Waals surface area contributed by atoms with Crippen LogP contribution in [0.1, 0.15) is 40.7 Å². The van der Waals surface area contributed by atoms with E-state index in [1.807, 2.05) is 24.3 Å². The number of aliphatic carboxylic acids is 1. The molecule has 3 aromatic rings. The van der Waals surface area contributed by atoms with Gasteiger partial charge in [-0.05, 0) is 47.4 Å². The highest BCUT2D eigenvalue weighted by Crippen LogP contribution is 2.44. The molecular weight excluding hydrogens is 420 g/mol. The predicted octanol–water partition coefficient (Wildman–Crippen LogP) is 4.64. The van der Waals surface area contributed by atoms with E-state index in [1.165, 1.54) is 6.07 Å². The summed E-state index contributed by atoms with van der Waals surface area (Å²) >= 11 is 0. The van der Waals surface area contributed by atoms with Gasteiger partial charge in [0.25, 0.3) is 5.91 Å². The van der Waals surface area contributed by atoms with Crippen LogP contribution in [0.3, 0.4) is 0 Å². The third kappa shape index (κ3) is 5.03. The molecule has 3 N–H and O–H groups in total. The molecule has 0 saturated carbocycles. The molecule has 0 unspecified atom stereocenters. The minimum atomic E-state index is -0.992. The topological polar surface area (TPSA) is 105 Å². The van der Waals surface area contributed by atoms with Gasteiger partial charge >= 0.3 is 12.1 Å². The Morgan fingerprint density at radius 2 is 1.58 bits per heavy atom. The molecule has 2 amide bonds. The summed E-state index contributed by atoms with van der Waals surface area (Å²) in [5.74, 6) is -1.45. The van der Waals surface area contributed by atoms with E-state index in [9.17, 15) is 14.4 Å². The number of hydrogen-bond donors (Lipinski definition) is 3. The maximum atomic E-state index is 12.5. The zero-order valence-corrected chi connectivity index (χ0v) is 18.1. The van der Waals surface area contributed by atoms with Gasteiger partial charge in [0.2, 0.25) is 0 Å². The molecule has 0 saturated heterocycles. The molecule has 1 aliphatic rings. The van der Waals surface area contributed by atoms with Crippen LogP contribution in [0.2, 0.25) is 0 Å². The van der Waals surface area contributed by atoms with Crippen LogP contribution in [0.15, 0.2) is 72.8 Å². The largest absolute Gasteiger partial charge is 0.481 e. The summed E-state index contributed by atoms with van der Waals surface area (Å²) in [6, 6.07) is 22.1. The summed E-state index contributed by atoms with van der Waals surface area (Å²) in [5.41, 5.74) is 5.27. The molecule has 0 heterocycles. The average molecular weight is 444 g/mol. The monoisotopic (exact) mass is 444 g/mol. The number of carbonyl (C=O) groups excluding carboxylic acids is 2. The second-order valence-electron chi connectivity index (χ2n) is 8.00. The Kier molecular flexibility index (Phi) is 6.40. The third-order valence-electron chi connectivity index (χ3n) is 5.57. The second kappa shape index (κ2) is 9.56. The van der Waals surface area contributed by atoms with Crippen molar-refractivity contribution in [3.8, 4) is 11.1 Å². The lowest BCUT2D eigenvalue weighted by Gasteiger charge is -2.15. The van der Waals surface area contributed by atoms with Crippen LogP contribution in [-0.2, 0) is 9.53 Å². The van der Waals surface area contributed by atoms with E-state index in [0.717, 1.165) is 22.3 Å². The van der Waals surface area contributed by atoms with Gasteiger partial charge in [-0.15, -0.1) is 0 Å². The number of carboxylic acid groups (broad SMARTS) is 1. The van der Waals surface area contributed by atoms with Crippen LogP contribution in [0.4, 0.5) is 10.5 Å². The van der Waals surface area contributed by atoms with Crippen LogP contribution in [0, 0.1) is 0 Å². The molecule has 33 heavy (non-hydrogen) atoms. The fourth-order valence-corrected chi connectivity index (χ4v) is 4.11. The van der Waals surface area contributed by atoms with Crippen LogP contribution < -0.4 is 10.6 Å². The normalized spacial score (nSPS) is 12.9. The zero-order chi connectivity index (χ0) is 23.4. The van der Waals surface area contributed by atoms with E-state index in [1.54, 1.807) is 25.1 Å². The van der Waals surface area contributed by atoms with Crippen molar-refractivity contribution in [3.05, 3.63) is 89.5 Å². The van der Waals surface area contributed by atoms with Crippen molar-refractivity contribution in [2.75, 3.05) is 11.9 Å². The number of anilines is 1. The van der Waals surface area contributed by atoms with Gasteiger partial charge in [0, 0.05) is 23.2 Å². The van der Waals surface area contributed by atoms with E-state index in [4.69, 9.17) is 9.84 Å². The fourth-order valence-electron chi connectivity index (χ4n) is 4.11. The Labute approximate surface area is 191 Å².